The van der Waals surface area contributed by atoms with E-state index in [1.54, 1.807) is 35.6 Å². The van der Waals surface area contributed by atoms with Gasteiger partial charge < -0.3 is 4.90 Å². The summed E-state index contributed by atoms with van der Waals surface area (Å²) >= 11 is 0. The zero-order valence-electron chi connectivity index (χ0n) is 9.78. The van der Waals surface area contributed by atoms with Crippen molar-refractivity contribution in [2.75, 3.05) is 6.54 Å². The fraction of sp³-hybridized carbons (Fsp3) is 0.333. The lowest BCUT2D eigenvalue weighted by molar-refractivity contribution is -0.187. The van der Waals surface area contributed by atoms with Crippen LogP contribution >= 0.6 is 0 Å². The van der Waals surface area contributed by atoms with E-state index in [1.807, 2.05) is 0 Å². The van der Waals surface area contributed by atoms with Crippen LogP contribution in [-0.2, 0) is 11.3 Å². The highest BCUT2D eigenvalue weighted by atomic mass is 19.4. The number of urea groups is 1. The molecule has 102 valence electrons. The average Bonchev–Trinajstić information content (AvgIpc) is 2.32. The van der Waals surface area contributed by atoms with Gasteiger partial charge in [-0.2, -0.15) is 13.2 Å². The molecule has 4 nitrogen and oxygen atoms in total. The van der Waals surface area contributed by atoms with Gasteiger partial charge in [0.2, 0.25) is 5.91 Å². The van der Waals surface area contributed by atoms with Gasteiger partial charge in [-0.25, -0.2) is 4.79 Å². The number of carbonyl (C=O) groups is 2. The van der Waals surface area contributed by atoms with E-state index in [9.17, 15) is 22.8 Å². The van der Waals surface area contributed by atoms with Gasteiger partial charge in [0, 0.05) is 13.1 Å². The number of benzene rings is 1. The summed E-state index contributed by atoms with van der Waals surface area (Å²) in [6.45, 7) is -0.615. The zero-order chi connectivity index (χ0) is 14.0. The van der Waals surface area contributed by atoms with Crippen molar-refractivity contribution in [3.8, 4) is 0 Å². The first-order valence-electron chi connectivity index (χ1n) is 5.58. The number of hydrogen-bond donors (Lipinski definition) is 1. The molecular weight excluding hydrogens is 261 g/mol. The van der Waals surface area contributed by atoms with Crippen LogP contribution in [0.4, 0.5) is 18.0 Å². The summed E-state index contributed by atoms with van der Waals surface area (Å²) in [6.07, 6.45) is -4.65. The van der Waals surface area contributed by atoms with Crippen LogP contribution in [0.1, 0.15) is 5.56 Å². The fourth-order valence-electron chi connectivity index (χ4n) is 1.85. The second kappa shape index (κ2) is 4.91. The van der Waals surface area contributed by atoms with Crippen LogP contribution < -0.4 is 5.32 Å². The topological polar surface area (TPSA) is 49.4 Å². The monoisotopic (exact) mass is 272 g/mol. The fourth-order valence-corrected chi connectivity index (χ4v) is 1.85. The van der Waals surface area contributed by atoms with Crippen LogP contribution in [-0.4, -0.2) is 29.6 Å². The third kappa shape index (κ3) is 3.04. The van der Waals surface area contributed by atoms with Crippen molar-refractivity contribution in [2.24, 2.45) is 5.92 Å². The minimum absolute atomic E-state index is 0.0343. The minimum atomic E-state index is -4.65. The average molecular weight is 272 g/mol. The van der Waals surface area contributed by atoms with Crippen molar-refractivity contribution in [1.29, 1.82) is 0 Å². The van der Waals surface area contributed by atoms with E-state index in [0.29, 0.717) is 5.56 Å². The summed E-state index contributed by atoms with van der Waals surface area (Å²) in [5.41, 5.74) is 0.702. The number of nitrogens with zero attached hydrogens (tertiary/aromatic N) is 1. The highest BCUT2D eigenvalue weighted by Crippen LogP contribution is 2.29. The molecule has 1 N–H and O–H groups in total. The van der Waals surface area contributed by atoms with Gasteiger partial charge in [-0.15, -0.1) is 0 Å². The second-order valence-electron chi connectivity index (χ2n) is 4.25. The van der Waals surface area contributed by atoms with Gasteiger partial charge in [-0.05, 0) is 5.56 Å². The van der Waals surface area contributed by atoms with Gasteiger partial charge in [0.05, 0.1) is 0 Å². The number of amides is 3. The molecule has 1 fully saturated rings. The van der Waals surface area contributed by atoms with Crippen molar-refractivity contribution in [3.63, 3.8) is 0 Å². The van der Waals surface area contributed by atoms with Crippen molar-refractivity contribution in [2.45, 2.75) is 12.7 Å². The molecule has 2 rings (SSSR count). The van der Waals surface area contributed by atoms with Crippen LogP contribution in [0.25, 0.3) is 0 Å². The van der Waals surface area contributed by atoms with E-state index >= 15 is 0 Å². The molecular formula is C12H11F3N2O2. The molecule has 1 atom stereocenters. The molecule has 19 heavy (non-hydrogen) atoms. The molecule has 3 amide bonds. The number of hydrogen-bond acceptors (Lipinski definition) is 2. The standard InChI is InChI=1S/C12H11F3N2O2/c13-12(14,15)9-7-17(11(19)16-10(9)18)6-8-4-2-1-3-5-8/h1-5,9H,6-7H2,(H,16,18,19). The van der Waals surface area contributed by atoms with Gasteiger partial charge >= 0.3 is 12.2 Å². The molecule has 7 heteroatoms. The van der Waals surface area contributed by atoms with Crippen LogP contribution in [0.2, 0.25) is 0 Å². The molecule has 1 aromatic rings. The van der Waals surface area contributed by atoms with Crippen LogP contribution in [0.5, 0.6) is 0 Å². The Morgan fingerprint density at radius 1 is 1.21 bits per heavy atom. The molecule has 1 heterocycles. The number of imide groups is 1. The van der Waals surface area contributed by atoms with Crippen molar-refractivity contribution >= 4 is 11.9 Å². The zero-order valence-corrected chi connectivity index (χ0v) is 9.78. The minimum Gasteiger partial charge on any atom is -0.319 e. The van der Waals surface area contributed by atoms with Crippen molar-refractivity contribution in [1.82, 2.24) is 10.2 Å². The largest absolute Gasteiger partial charge is 0.402 e. The lowest BCUT2D eigenvalue weighted by Crippen LogP contribution is -2.57. The Labute approximate surface area is 107 Å². The van der Waals surface area contributed by atoms with E-state index in [2.05, 4.69) is 0 Å². The van der Waals surface area contributed by atoms with Crippen molar-refractivity contribution < 1.29 is 22.8 Å². The van der Waals surface area contributed by atoms with E-state index in [4.69, 9.17) is 0 Å². The molecule has 0 spiro atoms. The predicted molar refractivity (Wildman–Crippen MR) is 59.9 cm³/mol. The molecule has 1 aliphatic rings. The molecule has 1 saturated heterocycles. The Hall–Kier alpha value is -2.05. The summed E-state index contributed by atoms with van der Waals surface area (Å²) in [7, 11) is 0. The number of alkyl halides is 3. The first kappa shape index (κ1) is 13.4. The molecule has 1 aliphatic heterocycles. The quantitative estimate of drug-likeness (QED) is 0.894. The number of nitrogens with one attached hydrogen (secondary N) is 1. The second-order valence-corrected chi connectivity index (χ2v) is 4.25. The van der Waals surface area contributed by atoms with Gasteiger partial charge in [-0.3, -0.25) is 10.1 Å². The summed E-state index contributed by atoms with van der Waals surface area (Å²) < 4.78 is 37.9. The molecule has 0 bridgehead atoms. The summed E-state index contributed by atoms with van der Waals surface area (Å²) in [5.74, 6) is -3.46. The molecule has 1 unspecified atom stereocenters. The predicted octanol–water partition coefficient (Wildman–Crippen LogP) is 1.92. The number of halogens is 3. The van der Waals surface area contributed by atoms with Gasteiger partial charge in [0.1, 0.15) is 0 Å². The lowest BCUT2D eigenvalue weighted by Gasteiger charge is -2.32. The lowest BCUT2D eigenvalue weighted by atomic mass is 10.1. The number of carbonyl (C=O) groups excluding carboxylic acids is 2. The van der Waals surface area contributed by atoms with Gasteiger partial charge in [0.25, 0.3) is 0 Å². The van der Waals surface area contributed by atoms with E-state index < -0.39 is 30.6 Å². The highest BCUT2D eigenvalue weighted by molar-refractivity contribution is 5.98. The Morgan fingerprint density at radius 3 is 2.42 bits per heavy atom. The Kier molecular flexibility index (Phi) is 3.46. The maximum Gasteiger partial charge on any atom is 0.402 e. The third-order valence-electron chi connectivity index (χ3n) is 2.85. The molecule has 1 aromatic carbocycles. The van der Waals surface area contributed by atoms with Crippen LogP contribution in [0, 0.1) is 5.92 Å². The van der Waals surface area contributed by atoms with Crippen LogP contribution in [0.3, 0.4) is 0 Å². The van der Waals surface area contributed by atoms with Crippen molar-refractivity contribution in [3.05, 3.63) is 35.9 Å². The van der Waals surface area contributed by atoms with Gasteiger partial charge in [-0.1, -0.05) is 30.3 Å². The first-order chi connectivity index (χ1) is 8.88. The SMILES string of the molecule is O=C1NC(=O)N(Cc2ccccc2)CC1C(F)(F)F. The van der Waals surface area contributed by atoms with E-state index in [-0.39, 0.29) is 6.54 Å². The first-order valence-corrected chi connectivity index (χ1v) is 5.58. The molecule has 0 aliphatic carbocycles. The maximum absolute atomic E-state index is 12.6. The summed E-state index contributed by atoms with van der Waals surface area (Å²) in [6, 6.07) is 7.82. The Morgan fingerprint density at radius 2 is 1.84 bits per heavy atom. The molecule has 0 saturated carbocycles. The Bertz CT molecular complexity index is 487. The third-order valence-corrected chi connectivity index (χ3v) is 2.85. The van der Waals surface area contributed by atoms with Gasteiger partial charge in [0.15, 0.2) is 5.92 Å². The summed E-state index contributed by atoms with van der Waals surface area (Å²) in [4.78, 5) is 23.7. The Balaban J connectivity index is 2.13. The highest BCUT2D eigenvalue weighted by Gasteiger charge is 2.49. The van der Waals surface area contributed by atoms with Crippen LogP contribution in [0.15, 0.2) is 30.3 Å². The normalized spacial score (nSPS) is 20.4. The van der Waals surface area contributed by atoms with E-state index in [1.165, 1.54) is 0 Å². The number of rotatable bonds is 2. The molecule has 0 aromatic heterocycles. The van der Waals surface area contributed by atoms with E-state index in [0.717, 1.165) is 4.90 Å². The maximum atomic E-state index is 12.6. The molecule has 0 radical (unpaired) electrons. The summed E-state index contributed by atoms with van der Waals surface area (Å²) in [5, 5.41) is 1.73. The smallest absolute Gasteiger partial charge is 0.319 e.